The van der Waals surface area contributed by atoms with Gasteiger partial charge in [-0.15, -0.1) is 0 Å². The van der Waals surface area contributed by atoms with Gasteiger partial charge in [-0.3, -0.25) is 14.4 Å². The van der Waals surface area contributed by atoms with E-state index in [1.807, 2.05) is 6.92 Å². The number of benzene rings is 1. The van der Waals surface area contributed by atoms with E-state index in [1.165, 1.54) is 6.92 Å². The van der Waals surface area contributed by atoms with E-state index in [-0.39, 0.29) is 30.3 Å². The molecule has 0 radical (unpaired) electrons. The van der Waals surface area contributed by atoms with Crippen molar-refractivity contribution in [1.82, 2.24) is 0 Å². The monoisotopic (exact) mass is 496 g/mol. The molecular weight excluding hydrogens is 460 g/mol. The molecule has 7 nitrogen and oxygen atoms in total. The van der Waals surface area contributed by atoms with Gasteiger partial charge in [-0.05, 0) is 44.4 Å². The standard InChI is InChI=1S/C29H36O7/c1-17-12-13-28(5,6)24(32)15-23(31)18(2)14-22-25(35-27(34)21-10-8-7-9-11-21)19(3)16-29(22,26(17)33)36-20(4)30/h7-14,17,19,22-23,25,31H,15-16H2,1-6H3. The highest BCUT2D eigenvalue weighted by molar-refractivity contribution is 5.94. The van der Waals surface area contributed by atoms with Crippen molar-refractivity contribution < 1.29 is 33.8 Å². The molecule has 6 unspecified atom stereocenters. The number of hydrogen-bond donors (Lipinski definition) is 1. The predicted octanol–water partition coefficient (Wildman–Crippen LogP) is 4.24. The first-order valence-corrected chi connectivity index (χ1v) is 12.4. The molecule has 0 amide bonds. The minimum absolute atomic E-state index is 0.112. The zero-order chi connectivity index (χ0) is 26.8. The molecule has 1 aromatic carbocycles. The molecule has 0 heterocycles. The van der Waals surface area contributed by atoms with E-state index in [4.69, 9.17) is 9.47 Å². The zero-order valence-corrected chi connectivity index (χ0v) is 21.8. The van der Waals surface area contributed by atoms with Gasteiger partial charge in [-0.2, -0.15) is 0 Å². The molecule has 1 saturated carbocycles. The van der Waals surface area contributed by atoms with Crippen LogP contribution in [0.3, 0.4) is 0 Å². The highest BCUT2D eigenvalue weighted by Crippen LogP contribution is 2.48. The molecule has 2 aliphatic carbocycles. The molecule has 0 spiro atoms. The number of aliphatic hydroxyl groups excluding tert-OH is 1. The van der Waals surface area contributed by atoms with Crippen molar-refractivity contribution >= 4 is 23.5 Å². The number of aliphatic hydroxyl groups is 1. The van der Waals surface area contributed by atoms with Crippen molar-refractivity contribution in [3.05, 3.63) is 59.7 Å². The molecule has 6 atom stereocenters. The maximum absolute atomic E-state index is 14.0. The molecule has 1 fully saturated rings. The van der Waals surface area contributed by atoms with Crippen LogP contribution in [0, 0.1) is 23.2 Å². The Bertz CT molecular complexity index is 1080. The molecular formula is C29H36O7. The van der Waals surface area contributed by atoms with Crippen LogP contribution < -0.4 is 0 Å². The van der Waals surface area contributed by atoms with Gasteiger partial charge in [-0.25, -0.2) is 4.79 Å². The van der Waals surface area contributed by atoms with Crippen LogP contribution >= 0.6 is 0 Å². The quantitative estimate of drug-likeness (QED) is 0.493. The van der Waals surface area contributed by atoms with Gasteiger partial charge in [0.05, 0.1) is 17.6 Å². The van der Waals surface area contributed by atoms with Crippen molar-refractivity contribution in [2.45, 2.75) is 72.2 Å². The molecule has 2 aliphatic rings. The number of rotatable bonds is 3. The fraction of sp³-hybridized carbons (Fsp3) is 0.517. The van der Waals surface area contributed by atoms with Crippen LogP contribution in [0.4, 0.5) is 0 Å². The van der Waals surface area contributed by atoms with Crippen LogP contribution in [0.5, 0.6) is 0 Å². The lowest BCUT2D eigenvalue weighted by Gasteiger charge is -2.36. The lowest BCUT2D eigenvalue weighted by atomic mass is 9.76. The van der Waals surface area contributed by atoms with E-state index in [0.29, 0.717) is 11.1 Å². The molecule has 1 aromatic rings. The van der Waals surface area contributed by atoms with Crippen molar-refractivity contribution in [3.8, 4) is 0 Å². The minimum Gasteiger partial charge on any atom is -0.458 e. The summed E-state index contributed by atoms with van der Waals surface area (Å²) in [6, 6.07) is 8.52. The largest absolute Gasteiger partial charge is 0.458 e. The Balaban J connectivity index is 2.15. The summed E-state index contributed by atoms with van der Waals surface area (Å²) in [7, 11) is 0. The van der Waals surface area contributed by atoms with Gasteiger partial charge in [0.25, 0.3) is 0 Å². The van der Waals surface area contributed by atoms with Crippen LogP contribution in [-0.4, -0.2) is 46.4 Å². The molecule has 36 heavy (non-hydrogen) atoms. The number of Topliss-reactive ketones (excluding diaryl/α,β-unsaturated/α-hetero) is 2. The highest BCUT2D eigenvalue weighted by Gasteiger charge is 2.60. The summed E-state index contributed by atoms with van der Waals surface area (Å²) in [4.78, 5) is 52.2. The number of carbonyl (C=O) groups is 4. The lowest BCUT2D eigenvalue weighted by Crippen LogP contribution is -2.50. The van der Waals surface area contributed by atoms with Crippen LogP contribution in [0.15, 0.2) is 54.1 Å². The van der Waals surface area contributed by atoms with Crippen molar-refractivity contribution in [2.75, 3.05) is 0 Å². The Morgan fingerprint density at radius 3 is 2.33 bits per heavy atom. The molecule has 3 rings (SSSR count). The normalized spacial score (nSPS) is 32.5. The second kappa shape index (κ2) is 10.5. The van der Waals surface area contributed by atoms with E-state index in [1.54, 1.807) is 76.3 Å². The number of ketones is 2. The second-order valence-electron chi connectivity index (χ2n) is 10.7. The predicted molar refractivity (Wildman–Crippen MR) is 134 cm³/mol. The van der Waals surface area contributed by atoms with Crippen LogP contribution in [0.25, 0.3) is 0 Å². The first-order valence-electron chi connectivity index (χ1n) is 12.4. The smallest absolute Gasteiger partial charge is 0.338 e. The molecule has 0 bridgehead atoms. The average molecular weight is 497 g/mol. The topological polar surface area (TPSA) is 107 Å². The first kappa shape index (κ1) is 27.5. The third-order valence-electron chi connectivity index (χ3n) is 7.35. The summed E-state index contributed by atoms with van der Waals surface area (Å²) in [6.07, 6.45) is 3.12. The zero-order valence-electron chi connectivity index (χ0n) is 21.8. The van der Waals surface area contributed by atoms with Gasteiger partial charge in [-0.1, -0.05) is 50.3 Å². The van der Waals surface area contributed by atoms with E-state index >= 15 is 0 Å². The molecule has 0 aliphatic heterocycles. The van der Waals surface area contributed by atoms with Crippen molar-refractivity contribution in [3.63, 3.8) is 0 Å². The SMILES string of the molecule is CC(=O)OC12CC(C)C(OC(=O)c3ccccc3)C1C=C(C)C(O)CC(=O)C(C)(C)C=CC(C)C2=O. The van der Waals surface area contributed by atoms with Crippen LogP contribution in [0.2, 0.25) is 0 Å². The van der Waals surface area contributed by atoms with Gasteiger partial charge in [0.1, 0.15) is 11.9 Å². The van der Waals surface area contributed by atoms with Gasteiger partial charge in [0.15, 0.2) is 11.4 Å². The number of ether oxygens (including phenoxy) is 2. The maximum Gasteiger partial charge on any atom is 0.338 e. The van der Waals surface area contributed by atoms with E-state index in [9.17, 15) is 24.3 Å². The summed E-state index contributed by atoms with van der Waals surface area (Å²) >= 11 is 0. The second-order valence-corrected chi connectivity index (χ2v) is 10.7. The Hall–Kier alpha value is -3.06. The Morgan fingerprint density at radius 1 is 1.08 bits per heavy atom. The van der Waals surface area contributed by atoms with Gasteiger partial charge >= 0.3 is 11.9 Å². The number of hydrogen-bond acceptors (Lipinski definition) is 7. The maximum atomic E-state index is 14.0. The molecule has 0 saturated heterocycles. The Kier molecular flexibility index (Phi) is 8.04. The van der Waals surface area contributed by atoms with E-state index in [0.717, 1.165) is 0 Å². The summed E-state index contributed by atoms with van der Waals surface area (Å²) in [5.74, 6) is -3.53. The molecule has 7 heteroatoms. The summed E-state index contributed by atoms with van der Waals surface area (Å²) in [5.41, 5.74) is -1.68. The number of allylic oxidation sites excluding steroid dienone is 2. The van der Waals surface area contributed by atoms with Gasteiger partial charge in [0, 0.05) is 31.1 Å². The van der Waals surface area contributed by atoms with E-state index in [2.05, 4.69) is 0 Å². The first-order chi connectivity index (χ1) is 16.8. The third kappa shape index (κ3) is 5.51. The number of esters is 2. The van der Waals surface area contributed by atoms with Crippen LogP contribution in [-0.2, 0) is 23.9 Å². The fourth-order valence-corrected chi connectivity index (χ4v) is 5.16. The van der Waals surface area contributed by atoms with Crippen molar-refractivity contribution in [2.24, 2.45) is 23.2 Å². The fourth-order valence-electron chi connectivity index (χ4n) is 5.16. The number of carbonyl (C=O) groups excluding carboxylic acids is 4. The lowest BCUT2D eigenvalue weighted by molar-refractivity contribution is -0.171. The minimum atomic E-state index is -1.59. The Labute approximate surface area is 212 Å². The average Bonchev–Trinajstić information content (AvgIpc) is 3.07. The highest BCUT2D eigenvalue weighted by atomic mass is 16.6. The molecule has 194 valence electrons. The van der Waals surface area contributed by atoms with Crippen molar-refractivity contribution in [1.29, 1.82) is 0 Å². The summed E-state index contributed by atoms with van der Waals surface area (Å²) < 4.78 is 11.8. The Morgan fingerprint density at radius 2 is 1.72 bits per heavy atom. The summed E-state index contributed by atoms with van der Waals surface area (Å²) in [6.45, 7) is 9.94. The summed E-state index contributed by atoms with van der Waals surface area (Å²) in [5, 5.41) is 10.9. The van der Waals surface area contributed by atoms with Gasteiger partial charge in [0.2, 0.25) is 0 Å². The molecule has 1 N–H and O–H groups in total. The molecule has 0 aromatic heterocycles. The third-order valence-corrected chi connectivity index (χ3v) is 7.35. The van der Waals surface area contributed by atoms with Gasteiger partial charge < -0.3 is 14.6 Å². The number of fused-ring (bicyclic) bond motifs is 1. The van der Waals surface area contributed by atoms with E-state index < -0.39 is 47.0 Å². The van der Waals surface area contributed by atoms with Crippen LogP contribution in [0.1, 0.15) is 64.7 Å².